The van der Waals surface area contributed by atoms with Crippen LogP contribution in [0.15, 0.2) is 18.3 Å². The topological polar surface area (TPSA) is 53.4 Å². The molecule has 1 N–H and O–H groups in total. The molecule has 1 heterocycles. The van der Waals surface area contributed by atoms with E-state index in [9.17, 15) is 18.0 Å². The van der Waals surface area contributed by atoms with E-state index in [4.69, 9.17) is 5.11 Å². The molecule has 0 aliphatic rings. The van der Waals surface area contributed by atoms with Gasteiger partial charge < -0.3 is 5.11 Å². The first-order valence-corrected chi connectivity index (χ1v) is 4.66. The van der Waals surface area contributed by atoms with Crippen molar-refractivity contribution in [1.29, 1.82) is 0 Å². The molecule has 0 spiro atoms. The maximum Gasteiger partial charge on any atom is 0.408 e. The number of hydrogen-bond donors (Lipinski definition) is 1. The Morgan fingerprint density at radius 2 is 2.06 bits per heavy atom. The van der Waals surface area contributed by atoms with Crippen LogP contribution in [-0.4, -0.2) is 41.2 Å². The van der Waals surface area contributed by atoms with Gasteiger partial charge >= 0.3 is 12.1 Å². The molecule has 0 fully saturated rings. The smallest absolute Gasteiger partial charge is 0.408 e. The minimum Gasteiger partial charge on any atom is -0.477 e. The predicted octanol–water partition coefficient (Wildman–Crippen LogP) is 1.94. The van der Waals surface area contributed by atoms with Crippen LogP contribution in [0.2, 0.25) is 0 Å². The molecule has 1 aromatic heterocycles. The molecule has 7 heteroatoms. The van der Waals surface area contributed by atoms with Gasteiger partial charge in [-0.3, -0.25) is 4.90 Å². The summed E-state index contributed by atoms with van der Waals surface area (Å²) in [4.78, 5) is 15.1. The van der Waals surface area contributed by atoms with Crippen LogP contribution in [0, 0.1) is 0 Å². The molecular formula is C10H11F3N2O2. The van der Waals surface area contributed by atoms with Gasteiger partial charge in [0.05, 0.1) is 0 Å². The Morgan fingerprint density at radius 1 is 1.47 bits per heavy atom. The zero-order chi connectivity index (χ0) is 13.2. The van der Waals surface area contributed by atoms with Crippen LogP contribution in [0.5, 0.6) is 0 Å². The van der Waals surface area contributed by atoms with E-state index in [1.165, 1.54) is 14.1 Å². The number of carbonyl (C=O) groups is 1. The Kier molecular flexibility index (Phi) is 3.72. The summed E-state index contributed by atoms with van der Waals surface area (Å²) in [6.07, 6.45) is -3.42. The maximum atomic E-state index is 12.8. The summed E-state index contributed by atoms with van der Waals surface area (Å²) in [5.74, 6) is -1.36. The normalized spacial score (nSPS) is 13.8. The minimum absolute atomic E-state index is 0.144. The van der Waals surface area contributed by atoms with Gasteiger partial charge in [0.1, 0.15) is 11.7 Å². The molecule has 0 radical (unpaired) electrons. The fraction of sp³-hybridized carbons (Fsp3) is 0.400. The molecule has 0 aliphatic heterocycles. The zero-order valence-electron chi connectivity index (χ0n) is 9.19. The van der Waals surface area contributed by atoms with Crippen LogP contribution < -0.4 is 0 Å². The van der Waals surface area contributed by atoms with E-state index in [0.29, 0.717) is 0 Å². The van der Waals surface area contributed by atoms with Gasteiger partial charge in [0.15, 0.2) is 0 Å². The SMILES string of the molecule is CN(C)C(c1ccnc(C(=O)O)c1)C(F)(F)F. The molecule has 1 aromatic rings. The van der Waals surface area contributed by atoms with Crippen LogP contribution in [0.4, 0.5) is 13.2 Å². The molecule has 94 valence electrons. The summed E-state index contributed by atoms with van der Waals surface area (Å²) in [6.45, 7) is 0. The number of halogens is 3. The highest BCUT2D eigenvalue weighted by atomic mass is 19.4. The Balaban J connectivity index is 3.20. The largest absolute Gasteiger partial charge is 0.477 e. The minimum atomic E-state index is -4.47. The van der Waals surface area contributed by atoms with Crippen LogP contribution in [-0.2, 0) is 0 Å². The van der Waals surface area contributed by atoms with Crippen molar-refractivity contribution in [3.05, 3.63) is 29.6 Å². The second kappa shape index (κ2) is 4.70. The van der Waals surface area contributed by atoms with E-state index in [0.717, 1.165) is 23.2 Å². The second-order valence-electron chi connectivity index (χ2n) is 3.69. The van der Waals surface area contributed by atoms with E-state index >= 15 is 0 Å². The predicted molar refractivity (Wildman–Crippen MR) is 53.7 cm³/mol. The number of nitrogens with zero attached hydrogens (tertiary/aromatic N) is 2. The number of pyridine rings is 1. The number of alkyl halides is 3. The molecule has 0 aliphatic carbocycles. The third kappa shape index (κ3) is 3.16. The Bertz CT molecular complexity index is 418. The monoisotopic (exact) mass is 248 g/mol. The van der Waals surface area contributed by atoms with Gasteiger partial charge in [-0.05, 0) is 31.8 Å². The standard InChI is InChI=1S/C10H11F3N2O2/c1-15(2)8(10(11,12)13)6-3-4-14-7(5-6)9(16)17/h3-5,8H,1-2H3,(H,16,17). The lowest BCUT2D eigenvalue weighted by atomic mass is 10.1. The number of aromatic nitrogens is 1. The van der Waals surface area contributed by atoms with Gasteiger partial charge in [-0.15, -0.1) is 0 Å². The molecule has 1 atom stereocenters. The Labute approximate surface area is 95.7 Å². The van der Waals surface area contributed by atoms with Crippen LogP contribution in [0.3, 0.4) is 0 Å². The summed E-state index contributed by atoms with van der Waals surface area (Å²) in [5, 5.41) is 8.68. The molecule has 0 aromatic carbocycles. The van der Waals surface area contributed by atoms with Crippen molar-refractivity contribution in [2.24, 2.45) is 0 Å². The Morgan fingerprint density at radius 3 is 2.47 bits per heavy atom. The summed E-state index contributed by atoms with van der Waals surface area (Å²) >= 11 is 0. The van der Waals surface area contributed by atoms with E-state index < -0.39 is 23.9 Å². The number of hydrogen-bond acceptors (Lipinski definition) is 3. The molecule has 0 amide bonds. The lowest BCUT2D eigenvalue weighted by Gasteiger charge is -2.26. The van der Waals surface area contributed by atoms with E-state index in [-0.39, 0.29) is 5.56 Å². The van der Waals surface area contributed by atoms with Crippen molar-refractivity contribution in [2.75, 3.05) is 14.1 Å². The molecular weight excluding hydrogens is 237 g/mol. The average Bonchev–Trinajstić information content (AvgIpc) is 2.15. The lowest BCUT2D eigenvalue weighted by Crippen LogP contribution is -2.33. The fourth-order valence-electron chi connectivity index (χ4n) is 1.51. The maximum absolute atomic E-state index is 12.8. The van der Waals surface area contributed by atoms with Crippen molar-refractivity contribution < 1.29 is 23.1 Å². The van der Waals surface area contributed by atoms with Crippen molar-refractivity contribution in [2.45, 2.75) is 12.2 Å². The van der Waals surface area contributed by atoms with E-state index in [1.807, 2.05) is 0 Å². The molecule has 1 unspecified atom stereocenters. The summed E-state index contributed by atoms with van der Waals surface area (Å²) < 4.78 is 38.3. The van der Waals surface area contributed by atoms with E-state index in [2.05, 4.69) is 4.98 Å². The number of carboxylic acid groups (broad SMARTS) is 1. The van der Waals surface area contributed by atoms with Crippen LogP contribution in [0.1, 0.15) is 22.1 Å². The van der Waals surface area contributed by atoms with Crippen molar-refractivity contribution in [3.8, 4) is 0 Å². The van der Waals surface area contributed by atoms with Gasteiger partial charge in [-0.2, -0.15) is 13.2 Å². The molecule has 0 bridgehead atoms. The quantitative estimate of drug-likeness (QED) is 0.888. The third-order valence-corrected chi connectivity index (χ3v) is 2.15. The van der Waals surface area contributed by atoms with Crippen molar-refractivity contribution >= 4 is 5.97 Å². The van der Waals surface area contributed by atoms with Gasteiger partial charge in [-0.25, -0.2) is 9.78 Å². The molecule has 17 heavy (non-hydrogen) atoms. The van der Waals surface area contributed by atoms with E-state index in [1.54, 1.807) is 0 Å². The highest BCUT2D eigenvalue weighted by Gasteiger charge is 2.42. The molecule has 1 rings (SSSR count). The number of rotatable bonds is 3. The first-order chi connectivity index (χ1) is 7.73. The number of aromatic carboxylic acids is 1. The second-order valence-corrected chi connectivity index (χ2v) is 3.69. The lowest BCUT2D eigenvalue weighted by molar-refractivity contribution is -0.179. The molecule has 0 saturated carbocycles. The average molecular weight is 248 g/mol. The first-order valence-electron chi connectivity index (χ1n) is 4.66. The molecule has 0 saturated heterocycles. The Hall–Kier alpha value is -1.63. The van der Waals surface area contributed by atoms with Gasteiger partial charge in [0, 0.05) is 6.20 Å². The van der Waals surface area contributed by atoms with Gasteiger partial charge in [0.2, 0.25) is 0 Å². The first kappa shape index (κ1) is 13.4. The van der Waals surface area contributed by atoms with Crippen LogP contribution >= 0.6 is 0 Å². The van der Waals surface area contributed by atoms with Gasteiger partial charge in [0.25, 0.3) is 0 Å². The van der Waals surface area contributed by atoms with Gasteiger partial charge in [-0.1, -0.05) is 0 Å². The molecule has 4 nitrogen and oxygen atoms in total. The summed E-state index contributed by atoms with van der Waals surface area (Å²) in [7, 11) is 2.55. The summed E-state index contributed by atoms with van der Waals surface area (Å²) in [5.41, 5.74) is -0.548. The summed E-state index contributed by atoms with van der Waals surface area (Å²) in [6, 6.07) is 0.244. The zero-order valence-corrected chi connectivity index (χ0v) is 9.19. The third-order valence-electron chi connectivity index (χ3n) is 2.15. The number of carboxylic acids is 1. The van der Waals surface area contributed by atoms with Crippen molar-refractivity contribution in [3.63, 3.8) is 0 Å². The highest BCUT2D eigenvalue weighted by molar-refractivity contribution is 5.85. The fourth-order valence-corrected chi connectivity index (χ4v) is 1.51. The highest BCUT2D eigenvalue weighted by Crippen LogP contribution is 2.36. The van der Waals surface area contributed by atoms with Crippen molar-refractivity contribution in [1.82, 2.24) is 9.88 Å². The van der Waals surface area contributed by atoms with Crippen LogP contribution in [0.25, 0.3) is 0 Å².